The van der Waals surface area contributed by atoms with Crippen LogP contribution in [0.1, 0.15) is 96.0 Å². The molecule has 0 spiro atoms. The molecular weight excluding hydrogens is 441 g/mol. The molecule has 1 fully saturated rings. The number of carbonyl (C=O) groups excluding carboxylic acids is 1. The van der Waals surface area contributed by atoms with Crippen molar-refractivity contribution in [1.29, 1.82) is 0 Å². The van der Waals surface area contributed by atoms with Crippen LogP contribution >= 0.6 is 0 Å². The molecule has 0 heterocycles. The molecule has 0 radical (unpaired) electrons. The molecule has 2 rings (SSSR count). The van der Waals surface area contributed by atoms with Crippen LogP contribution in [-0.2, 0) is 9.53 Å². The SMILES string of the molecule is CCCCCCCCCCCOC(=O)/C=C/c1ccc(OCC2CCC(C(F)(F)F)CC2)cc1. The van der Waals surface area contributed by atoms with Crippen LogP contribution in [-0.4, -0.2) is 25.4 Å². The van der Waals surface area contributed by atoms with E-state index in [2.05, 4.69) is 6.92 Å². The number of benzene rings is 1. The summed E-state index contributed by atoms with van der Waals surface area (Å²) in [5.74, 6) is -0.650. The predicted molar refractivity (Wildman–Crippen MR) is 131 cm³/mol. The molecule has 0 unspecified atom stereocenters. The van der Waals surface area contributed by atoms with Gasteiger partial charge in [0.15, 0.2) is 0 Å². The summed E-state index contributed by atoms with van der Waals surface area (Å²) < 4.78 is 49.3. The minimum absolute atomic E-state index is 0.165. The Hall–Kier alpha value is -1.98. The molecular formula is C28H41F3O3. The zero-order valence-electron chi connectivity index (χ0n) is 20.6. The second-order valence-corrected chi connectivity index (χ2v) is 9.47. The fraction of sp³-hybridized carbons (Fsp3) is 0.679. The van der Waals surface area contributed by atoms with Crippen LogP contribution in [0.2, 0.25) is 0 Å². The highest BCUT2D eigenvalue weighted by atomic mass is 19.4. The first-order valence-electron chi connectivity index (χ1n) is 13.0. The predicted octanol–water partition coefficient (Wildman–Crippen LogP) is 8.52. The van der Waals surface area contributed by atoms with Gasteiger partial charge in [0.2, 0.25) is 0 Å². The highest BCUT2D eigenvalue weighted by molar-refractivity contribution is 5.87. The fourth-order valence-electron chi connectivity index (χ4n) is 4.34. The molecule has 34 heavy (non-hydrogen) atoms. The number of alkyl halides is 3. The van der Waals surface area contributed by atoms with Crippen molar-refractivity contribution in [3.05, 3.63) is 35.9 Å². The van der Waals surface area contributed by atoms with Crippen LogP contribution < -0.4 is 4.74 Å². The van der Waals surface area contributed by atoms with Gasteiger partial charge in [-0.3, -0.25) is 0 Å². The van der Waals surface area contributed by atoms with Gasteiger partial charge in [0, 0.05) is 6.08 Å². The molecule has 0 amide bonds. The van der Waals surface area contributed by atoms with E-state index >= 15 is 0 Å². The van der Waals surface area contributed by atoms with Gasteiger partial charge < -0.3 is 9.47 Å². The van der Waals surface area contributed by atoms with Gasteiger partial charge in [-0.2, -0.15) is 13.2 Å². The van der Waals surface area contributed by atoms with Gasteiger partial charge in [-0.05, 0) is 61.8 Å². The minimum Gasteiger partial charge on any atom is -0.493 e. The number of carbonyl (C=O) groups is 1. The Morgan fingerprint density at radius 2 is 1.50 bits per heavy atom. The Balaban J connectivity index is 1.55. The lowest BCUT2D eigenvalue weighted by Gasteiger charge is -2.29. The Morgan fingerprint density at radius 3 is 2.09 bits per heavy atom. The Kier molecular flexibility index (Phi) is 13.2. The van der Waals surface area contributed by atoms with Crippen molar-refractivity contribution in [2.45, 2.75) is 96.6 Å². The van der Waals surface area contributed by atoms with Gasteiger partial charge in [0.25, 0.3) is 0 Å². The third-order valence-electron chi connectivity index (χ3n) is 6.58. The molecule has 3 nitrogen and oxygen atoms in total. The molecule has 192 valence electrons. The summed E-state index contributed by atoms with van der Waals surface area (Å²) in [5, 5.41) is 0. The molecule has 6 heteroatoms. The zero-order valence-corrected chi connectivity index (χ0v) is 20.6. The maximum atomic E-state index is 12.8. The highest BCUT2D eigenvalue weighted by Crippen LogP contribution is 2.39. The van der Waals surface area contributed by atoms with E-state index < -0.39 is 12.1 Å². The smallest absolute Gasteiger partial charge is 0.391 e. The normalized spacial score (nSPS) is 18.8. The molecule has 1 aromatic rings. The van der Waals surface area contributed by atoms with E-state index in [0.29, 0.717) is 31.8 Å². The lowest BCUT2D eigenvalue weighted by molar-refractivity contribution is -0.184. The highest BCUT2D eigenvalue weighted by Gasteiger charge is 2.41. The van der Waals surface area contributed by atoms with Crippen molar-refractivity contribution in [3.63, 3.8) is 0 Å². The third-order valence-corrected chi connectivity index (χ3v) is 6.58. The van der Waals surface area contributed by atoms with Crippen LogP contribution in [0.15, 0.2) is 30.3 Å². The topological polar surface area (TPSA) is 35.5 Å². The molecule has 0 bridgehead atoms. The van der Waals surface area contributed by atoms with Crippen molar-refractivity contribution in [2.24, 2.45) is 11.8 Å². The van der Waals surface area contributed by atoms with Gasteiger partial charge in [-0.1, -0.05) is 70.4 Å². The summed E-state index contributed by atoms with van der Waals surface area (Å²) in [4.78, 5) is 11.9. The molecule has 0 aromatic heterocycles. The van der Waals surface area contributed by atoms with Crippen molar-refractivity contribution in [1.82, 2.24) is 0 Å². The second kappa shape index (κ2) is 15.8. The van der Waals surface area contributed by atoms with Gasteiger partial charge in [0.05, 0.1) is 19.1 Å². The van der Waals surface area contributed by atoms with E-state index in [4.69, 9.17) is 9.47 Å². The van der Waals surface area contributed by atoms with Crippen molar-refractivity contribution in [3.8, 4) is 5.75 Å². The quantitative estimate of drug-likeness (QED) is 0.143. The Morgan fingerprint density at radius 1 is 0.912 bits per heavy atom. The number of unbranched alkanes of at least 4 members (excludes halogenated alkanes) is 8. The third kappa shape index (κ3) is 11.9. The van der Waals surface area contributed by atoms with Gasteiger partial charge in [-0.15, -0.1) is 0 Å². The van der Waals surface area contributed by atoms with E-state index in [1.54, 1.807) is 6.08 Å². The number of hydrogen-bond acceptors (Lipinski definition) is 3. The fourth-order valence-corrected chi connectivity index (χ4v) is 4.34. The van der Waals surface area contributed by atoms with Crippen molar-refractivity contribution >= 4 is 12.0 Å². The van der Waals surface area contributed by atoms with E-state index in [9.17, 15) is 18.0 Å². The molecule has 0 N–H and O–H groups in total. The molecule has 0 atom stereocenters. The maximum Gasteiger partial charge on any atom is 0.391 e. The average molecular weight is 483 g/mol. The second-order valence-electron chi connectivity index (χ2n) is 9.47. The molecule has 1 aromatic carbocycles. The summed E-state index contributed by atoms with van der Waals surface area (Å²) in [6.07, 6.45) is 11.6. The summed E-state index contributed by atoms with van der Waals surface area (Å²) in [6.45, 7) is 3.12. The lowest BCUT2D eigenvalue weighted by Crippen LogP contribution is -2.29. The summed E-state index contributed by atoms with van der Waals surface area (Å²) in [5.41, 5.74) is 0.859. The van der Waals surface area contributed by atoms with E-state index in [-0.39, 0.29) is 24.7 Å². The van der Waals surface area contributed by atoms with E-state index in [1.165, 1.54) is 51.0 Å². The number of esters is 1. The number of halogens is 3. The minimum atomic E-state index is -4.07. The molecule has 1 aliphatic rings. The monoisotopic (exact) mass is 482 g/mol. The summed E-state index contributed by atoms with van der Waals surface area (Å²) in [7, 11) is 0. The summed E-state index contributed by atoms with van der Waals surface area (Å²) in [6, 6.07) is 7.32. The van der Waals surface area contributed by atoms with E-state index in [1.807, 2.05) is 24.3 Å². The first-order valence-corrected chi connectivity index (χ1v) is 13.0. The zero-order chi connectivity index (χ0) is 24.7. The Labute approximate surface area is 203 Å². The molecule has 0 saturated heterocycles. The van der Waals surface area contributed by atoms with Crippen molar-refractivity contribution in [2.75, 3.05) is 13.2 Å². The standard InChI is InChI=1S/C28H41F3O3/c1-2-3-4-5-6-7-8-9-10-21-33-27(32)20-15-23-13-18-26(19-14-23)34-22-24-11-16-25(17-12-24)28(29,30)31/h13-15,18-20,24-25H,2-12,16-17,21-22H2,1H3/b20-15+. The van der Waals surface area contributed by atoms with Crippen LogP contribution in [0, 0.1) is 11.8 Å². The molecule has 1 saturated carbocycles. The average Bonchev–Trinajstić information content (AvgIpc) is 2.83. The van der Waals surface area contributed by atoms with Gasteiger partial charge >= 0.3 is 12.1 Å². The number of rotatable bonds is 15. The maximum absolute atomic E-state index is 12.8. The largest absolute Gasteiger partial charge is 0.493 e. The lowest BCUT2D eigenvalue weighted by atomic mass is 9.82. The molecule has 1 aliphatic carbocycles. The van der Waals surface area contributed by atoms with Crippen LogP contribution in [0.3, 0.4) is 0 Å². The van der Waals surface area contributed by atoms with Crippen molar-refractivity contribution < 1.29 is 27.4 Å². The Bertz CT molecular complexity index is 705. The molecule has 0 aliphatic heterocycles. The van der Waals surface area contributed by atoms with Gasteiger partial charge in [0.1, 0.15) is 5.75 Å². The first kappa shape index (κ1) is 28.3. The van der Waals surface area contributed by atoms with Crippen LogP contribution in [0.25, 0.3) is 6.08 Å². The number of ether oxygens (including phenoxy) is 2. The van der Waals surface area contributed by atoms with Gasteiger partial charge in [-0.25, -0.2) is 4.79 Å². The van der Waals surface area contributed by atoms with Crippen LogP contribution in [0.4, 0.5) is 13.2 Å². The van der Waals surface area contributed by atoms with E-state index in [0.717, 1.165) is 18.4 Å². The number of hydrogen-bond donors (Lipinski definition) is 0. The first-order chi connectivity index (χ1) is 16.4. The summed E-state index contributed by atoms with van der Waals surface area (Å²) >= 11 is 0. The van der Waals surface area contributed by atoms with Crippen LogP contribution in [0.5, 0.6) is 5.75 Å².